The summed E-state index contributed by atoms with van der Waals surface area (Å²) < 4.78 is 6.73. The van der Waals surface area contributed by atoms with E-state index in [0.29, 0.717) is 16.6 Å². The van der Waals surface area contributed by atoms with Crippen LogP contribution in [0.2, 0.25) is 5.02 Å². The number of ether oxygens (including phenoxy) is 1. The Bertz CT molecular complexity index is 603. The van der Waals surface area contributed by atoms with E-state index < -0.39 is 5.97 Å². The molecule has 0 atom stereocenters. The van der Waals surface area contributed by atoms with Crippen LogP contribution in [0.1, 0.15) is 43.1 Å². The standard InChI is InChI=1S/C14H17ClN2O2/c1-4-10(5-2)17-13-7-9(15)6-11(14(18)19-3)12(13)8-16-17/h6-8,10H,4-5H2,1-3H3. The molecule has 0 aliphatic heterocycles. The molecule has 0 aliphatic carbocycles. The zero-order valence-corrected chi connectivity index (χ0v) is 12.1. The molecule has 5 heteroatoms. The average Bonchev–Trinajstić information content (AvgIpc) is 2.82. The van der Waals surface area contributed by atoms with E-state index in [2.05, 4.69) is 18.9 Å². The van der Waals surface area contributed by atoms with Crippen molar-refractivity contribution in [1.29, 1.82) is 0 Å². The molecule has 102 valence electrons. The van der Waals surface area contributed by atoms with Gasteiger partial charge in [-0.05, 0) is 25.0 Å². The van der Waals surface area contributed by atoms with Crippen molar-refractivity contribution in [3.63, 3.8) is 0 Å². The Labute approximate surface area is 117 Å². The number of carbonyl (C=O) groups excluding carboxylic acids is 1. The second-order valence-electron chi connectivity index (χ2n) is 4.44. The van der Waals surface area contributed by atoms with Crippen LogP contribution in [-0.2, 0) is 4.74 Å². The van der Waals surface area contributed by atoms with E-state index in [-0.39, 0.29) is 0 Å². The lowest BCUT2D eigenvalue weighted by Crippen LogP contribution is -2.08. The van der Waals surface area contributed by atoms with Crippen molar-refractivity contribution in [3.8, 4) is 0 Å². The Morgan fingerprint density at radius 2 is 2.11 bits per heavy atom. The number of carbonyl (C=O) groups is 1. The fourth-order valence-corrected chi connectivity index (χ4v) is 2.53. The Balaban J connectivity index is 2.66. The highest BCUT2D eigenvalue weighted by Crippen LogP contribution is 2.28. The Hall–Kier alpha value is -1.55. The second-order valence-corrected chi connectivity index (χ2v) is 4.87. The molecule has 0 amide bonds. The third kappa shape index (κ3) is 2.45. The predicted octanol–water partition coefficient (Wildman–Crippen LogP) is 3.84. The Kier molecular flexibility index (Phi) is 4.10. The predicted molar refractivity (Wildman–Crippen MR) is 75.7 cm³/mol. The van der Waals surface area contributed by atoms with Gasteiger partial charge in [0.25, 0.3) is 0 Å². The third-order valence-corrected chi connectivity index (χ3v) is 3.59. The summed E-state index contributed by atoms with van der Waals surface area (Å²) in [5.41, 5.74) is 1.34. The number of rotatable bonds is 4. The van der Waals surface area contributed by atoms with Gasteiger partial charge >= 0.3 is 5.97 Å². The Morgan fingerprint density at radius 3 is 2.68 bits per heavy atom. The maximum Gasteiger partial charge on any atom is 0.338 e. The monoisotopic (exact) mass is 280 g/mol. The first kappa shape index (κ1) is 13.9. The maximum absolute atomic E-state index is 11.8. The van der Waals surface area contributed by atoms with E-state index >= 15 is 0 Å². The van der Waals surface area contributed by atoms with Crippen LogP contribution in [0.3, 0.4) is 0 Å². The number of nitrogens with zero attached hydrogens (tertiary/aromatic N) is 2. The number of aromatic nitrogens is 2. The first-order valence-corrected chi connectivity index (χ1v) is 6.75. The molecule has 1 aromatic heterocycles. The number of halogens is 1. The molecule has 19 heavy (non-hydrogen) atoms. The summed E-state index contributed by atoms with van der Waals surface area (Å²) in [5.74, 6) is -0.392. The van der Waals surface area contributed by atoms with Crippen LogP contribution in [0.15, 0.2) is 18.3 Å². The zero-order chi connectivity index (χ0) is 14.0. The van der Waals surface area contributed by atoms with E-state index in [0.717, 1.165) is 23.7 Å². The summed E-state index contributed by atoms with van der Waals surface area (Å²) >= 11 is 6.10. The molecular formula is C14H17ClN2O2. The molecule has 2 rings (SSSR count). The average molecular weight is 281 g/mol. The minimum atomic E-state index is -0.392. The van der Waals surface area contributed by atoms with Gasteiger partial charge in [-0.2, -0.15) is 5.10 Å². The van der Waals surface area contributed by atoms with Gasteiger partial charge in [0, 0.05) is 10.4 Å². The molecule has 0 radical (unpaired) electrons. The highest BCUT2D eigenvalue weighted by molar-refractivity contribution is 6.32. The van der Waals surface area contributed by atoms with Crippen LogP contribution in [-0.4, -0.2) is 22.9 Å². The molecule has 1 heterocycles. The maximum atomic E-state index is 11.8. The summed E-state index contributed by atoms with van der Waals surface area (Å²) in [6, 6.07) is 3.77. The van der Waals surface area contributed by atoms with Gasteiger partial charge in [-0.25, -0.2) is 4.79 Å². The van der Waals surface area contributed by atoms with E-state index in [1.54, 1.807) is 12.3 Å². The molecule has 0 saturated carbocycles. The van der Waals surface area contributed by atoms with Crippen molar-refractivity contribution in [2.24, 2.45) is 0 Å². The lowest BCUT2D eigenvalue weighted by Gasteiger charge is -2.14. The molecule has 0 saturated heterocycles. The van der Waals surface area contributed by atoms with Crippen molar-refractivity contribution in [1.82, 2.24) is 9.78 Å². The van der Waals surface area contributed by atoms with Gasteiger partial charge in [0.1, 0.15) is 0 Å². The van der Waals surface area contributed by atoms with E-state index in [9.17, 15) is 4.79 Å². The molecular weight excluding hydrogens is 264 g/mol. The summed E-state index contributed by atoms with van der Waals surface area (Å²) in [6.45, 7) is 4.24. The number of esters is 1. The summed E-state index contributed by atoms with van der Waals surface area (Å²) in [6.07, 6.45) is 3.66. The molecule has 1 aromatic carbocycles. The van der Waals surface area contributed by atoms with Gasteiger partial charge in [0.15, 0.2) is 0 Å². The van der Waals surface area contributed by atoms with Gasteiger partial charge < -0.3 is 4.74 Å². The van der Waals surface area contributed by atoms with Crippen LogP contribution in [0, 0.1) is 0 Å². The van der Waals surface area contributed by atoms with Crippen molar-refractivity contribution in [2.45, 2.75) is 32.7 Å². The Morgan fingerprint density at radius 1 is 1.42 bits per heavy atom. The van der Waals surface area contributed by atoms with Gasteiger partial charge in [-0.15, -0.1) is 0 Å². The van der Waals surface area contributed by atoms with Gasteiger partial charge in [-0.1, -0.05) is 25.4 Å². The molecule has 0 unspecified atom stereocenters. The smallest absolute Gasteiger partial charge is 0.338 e. The lowest BCUT2D eigenvalue weighted by atomic mass is 10.1. The highest BCUT2D eigenvalue weighted by Gasteiger charge is 2.17. The van der Waals surface area contributed by atoms with Gasteiger partial charge in [0.2, 0.25) is 0 Å². The number of hydrogen-bond donors (Lipinski definition) is 0. The SMILES string of the molecule is CCC(CC)n1ncc2c(C(=O)OC)cc(Cl)cc21. The molecule has 0 spiro atoms. The summed E-state index contributed by atoms with van der Waals surface area (Å²) in [7, 11) is 1.36. The van der Waals surface area contributed by atoms with Gasteiger partial charge in [-0.3, -0.25) is 4.68 Å². The normalized spacial score (nSPS) is 11.2. The third-order valence-electron chi connectivity index (χ3n) is 3.37. The molecule has 0 fully saturated rings. The number of methoxy groups -OCH3 is 1. The molecule has 4 nitrogen and oxygen atoms in total. The van der Waals surface area contributed by atoms with Crippen LogP contribution >= 0.6 is 11.6 Å². The van der Waals surface area contributed by atoms with E-state index in [1.807, 2.05) is 10.7 Å². The number of fused-ring (bicyclic) bond motifs is 1. The van der Waals surface area contributed by atoms with Gasteiger partial charge in [0.05, 0.1) is 30.4 Å². The molecule has 2 aromatic rings. The van der Waals surface area contributed by atoms with Crippen molar-refractivity contribution in [2.75, 3.05) is 7.11 Å². The van der Waals surface area contributed by atoms with E-state index in [1.165, 1.54) is 7.11 Å². The minimum Gasteiger partial charge on any atom is -0.465 e. The lowest BCUT2D eigenvalue weighted by molar-refractivity contribution is 0.0603. The fraction of sp³-hybridized carbons (Fsp3) is 0.429. The van der Waals surface area contributed by atoms with E-state index in [4.69, 9.17) is 16.3 Å². The van der Waals surface area contributed by atoms with Crippen molar-refractivity contribution < 1.29 is 9.53 Å². The largest absolute Gasteiger partial charge is 0.465 e. The topological polar surface area (TPSA) is 44.1 Å². The quantitative estimate of drug-likeness (QED) is 0.799. The fourth-order valence-electron chi connectivity index (χ4n) is 2.32. The molecule has 0 aliphatic rings. The summed E-state index contributed by atoms with van der Waals surface area (Å²) in [4.78, 5) is 11.8. The first-order chi connectivity index (χ1) is 9.12. The van der Waals surface area contributed by atoms with Crippen LogP contribution in [0.5, 0.6) is 0 Å². The van der Waals surface area contributed by atoms with Crippen LogP contribution in [0.25, 0.3) is 10.9 Å². The van der Waals surface area contributed by atoms with Crippen LogP contribution < -0.4 is 0 Å². The van der Waals surface area contributed by atoms with Crippen LogP contribution in [0.4, 0.5) is 0 Å². The number of hydrogen-bond acceptors (Lipinski definition) is 3. The van der Waals surface area contributed by atoms with Crippen molar-refractivity contribution in [3.05, 3.63) is 28.9 Å². The minimum absolute atomic E-state index is 0.307. The second kappa shape index (κ2) is 5.61. The molecule has 0 N–H and O–H groups in total. The highest BCUT2D eigenvalue weighted by atomic mass is 35.5. The molecule has 0 bridgehead atoms. The van der Waals surface area contributed by atoms with Crippen molar-refractivity contribution >= 4 is 28.5 Å². The number of benzene rings is 1. The first-order valence-electron chi connectivity index (χ1n) is 6.37. The zero-order valence-electron chi connectivity index (χ0n) is 11.3. The summed E-state index contributed by atoms with van der Waals surface area (Å²) in [5, 5.41) is 5.70.